The van der Waals surface area contributed by atoms with Crippen LogP contribution >= 0.6 is 0 Å². The van der Waals surface area contributed by atoms with Gasteiger partial charge in [0.1, 0.15) is 5.82 Å². The molecular weight excluding hydrogens is 245 g/mol. The van der Waals surface area contributed by atoms with Crippen LogP contribution in [0.2, 0.25) is 0 Å². The van der Waals surface area contributed by atoms with Crippen LogP contribution in [0.3, 0.4) is 0 Å². The van der Waals surface area contributed by atoms with E-state index < -0.39 is 0 Å². The van der Waals surface area contributed by atoms with Crippen LogP contribution in [0.5, 0.6) is 0 Å². The Morgan fingerprint density at radius 3 is 2.53 bits per heavy atom. The highest BCUT2D eigenvalue weighted by atomic mass is 19.1. The van der Waals surface area contributed by atoms with Gasteiger partial charge in [0.05, 0.1) is 5.69 Å². The lowest BCUT2D eigenvalue weighted by Crippen LogP contribution is -2.38. The number of rotatable bonds is 3. The summed E-state index contributed by atoms with van der Waals surface area (Å²) in [6.07, 6.45) is 1.37. The van der Waals surface area contributed by atoms with E-state index >= 15 is 0 Å². The van der Waals surface area contributed by atoms with Crippen LogP contribution in [-0.2, 0) is 4.79 Å². The van der Waals surface area contributed by atoms with Crippen molar-refractivity contribution in [2.75, 3.05) is 18.0 Å². The van der Waals surface area contributed by atoms with Gasteiger partial charge < -0.3 is 16.4 Å². The molecule has 0 spiro atoms. The Hall–Kier alpha value is -1.62. The van der Waals surface area contributed by atoms with E-state index in [0.29, 0.717) is 31.6 Å². The molecule has 0 saturated carbocycles. The fourth-order valence-electron chi connectivity index (χ4n) is 2.47. The van der Waals surface area contributed by atoms with Crippen LogP contribution < -0.4 is 16.4 Å². The molecule has 1 aliphatic rings. The van der Waals surface area contributed by atoms with Crippen LogP contribution in [0, 0.1) is 11.7 Å². The topological polar surface area (TPSA) is 72.3 Å². The van der Waals surface area contributed by atoms with Crippen LogP contribution in [0.15, 0.2) is 18.2 Å². The summed E-state index contributed by atoms with van der Waals surface area (Å²) in [5.41, 5.74) is 12.4. The molecule has 0 radical (unpaired) electrons. The van der Waals surface area contributed by atoms with Gasteiger partial charge in [0, 0.05) is 25.0 Å². The number of amides is 1. The van der Waals surface area contributed by atoms with E-state index in [4.69, 9.17) is 11.5 Å². The molecule has 1 atom stereocenters. The molecule has 1 aliphatic heterocycles. The van der Waals surface area contributed by atoms with Crippen LogP contribution in [0.4, 0.5) is 10.1 Å². The number of anilines is 1. The molecule has 1 amide bonds. The second kappa shape index (κ2) is 5.57. The van der Waals surface area contributed by atoms with Gasteiger partial charge in [-0.15, -0.1) is 0 Å². The summed E-state index contributed by atoms with van der Waals surface area (Å²) in [6, 6.07) is 4.92. The van der Waals surface area contributed by atoms with Gasteiger partial charge in [-0.1, -0.05) is 6.07 Å². The maximum absolute atomic E-state index is 14.1. The summed E-state index contributed by atoms with van der Waals surface area (Å²) >= 11 is 0. The molecule has 1 aromatic carbocycles. The number of carbonyl (C=O) groups excluding carboxylic acids is 1. The quantitative estimate of drug-likeness (QED) is 0.871. The van der Waals surface area contributed by atoms with Crippen molar-refractivity contribution in [2.45, 2.75) is 25.8 Å². The smallest absolute Gasteiger partial charge is 0.220 e. The minimum absolute atomic E-state index is 0.0809. The predicted octanol–water partition coefficient (Wildman–Crippen LogP) is 1.55. The lowest BCUT2D eigenvalue weighted by atomic mass is 9.95. The molecule has 2 rings (SSSR count). The molecule has 1 aromatic rings. The third kappa shape index (κ3) is 3.04. The standard InChI is InChI=1S/C14H20FN3O/c1-9(16)11-2-3-13(12(15)8-11)18-6-4-10(5-7-18)14(17)19/h2-3,8-10H,4-7,16H2,1H3,(H2,17,19)/t9-/m1/s1. The van der Waals surface area contributed by atoms with Gasteiger partial charge in [-0.2, -0.15) is 0 Å². The molecule has 0 aliphatic carbocycles. The molecule has 4 N–H and O–H groups in total. The van der Waals surface area contributed by atoms with Gasteiger partial charge in [-0.3, -0.25) is 4.79 Å². The van der Waals surface area contributed by atoms with E-state index in [-0.39, 0.29) is 23.7 Å². The van der Waals surface area contributed by atoms with Crippen molar-refractivity contribution < 1.29 is 9.18 Å². The van der Waals surface area contributed by atoms with E-state index in [1.54, 1.807) is 6.07 Å². The average Bonchev–Trinajstić information content (AvgIpc) is 2.38. The third-order valence-electron chi connectivity index (χ3n) is 3.74. The maximum atomic E-state index is 14.1. The van der Waals surface area contributed by atoms with Gasteiger partial charge in [0.25, 0.3) is 0 Å². The number of hydrogen-bond donors (Lipinski definition) is 2. The van der Waals surface area contributed by atoms with E-state index in [9.17, 15) is 9.18 Å². The Bertz CT molecular complexity index is 468. The van der Waals surface area contributed by atoms with Crippen molar-refractivity contribution >= 4 is 11.6 Å². The molecule has 5 heteroatoms. The average molecular weight is 265 g/mol. The van der Waals surface area contributed by atoms with Crippen molar-refractivity contribution in [2.24, 2.45) is 17.4 Å². The number of hydrogen-bond acceptors (Lipinski definition) is 3. The molecular formula is C14H20FN3O. The molecule has 4 nitrogen and oxygen atoms in total. The van der Waals surface area contributed by atoms with Crippen molar-refractivity contribution in [3.05, 3.63) is 29.6 Å². The Kier molecular flexibility index (Phi) is 4.04. The molecule has 1 heterocycles. The monoisotopic (exact) mass is 265 g/mol. The number of nitrogens with two attached hydrogens (primary N) is 2. The Morgan fingerprint density at radius 1 is 1.42 bits per heavy atom. The highest BCUT2D eigenvalue weighted by Crippen LogP contribution is 2.27. The summed E-state index contributed by atoms with van der Waals surface area (Å²) in [4.78, 5) is 13.1. The second-order valence-corrected chi connectivity index (χ2v) is 5.16. The molecule has 104 valence electrons. The third-order valence-corrected chi connectivity index (χ3v) is 3.74. The second-order valence-electron chi connectivity index (χ2n) is 5.16. The molecule has 19 heavy (non-hydrogen) atoms. The fraction of sp³-hybridized carbons (Fsp3) is 0.500. The van der Waals surface area contributed by atoms with Crippen LogP contribution in [0.1, 0.15) is 31.4 Å². The van der Waals surface area contributed by atoms with Crippen LogP contribution in [-0.4, -0.2) is 19.0 Å². The zero-order valence-electron chi connectivity index (χ0n) is 11.1. The first-order chi connectivity index (χ1) is 8.99. The minimum atomic E-state index is -0.257. The van der Waals surface area contributed by atoms with Gasteiger partial charge in [-0.25, -0.2) is 4.39 Å². The zero-order chi connectivity index (χ0) is 14.0. The Morgan fingerprint density at radius 2 is 2.05 bits per heavy atom. The summed E-state index contributed by atoms with van der Waals surface area (Å²) in [7, 11) is 0. The van der Waals surface area contributed by atoms with Crippen LogP contribution in [0.25, 0.3) is 0 Å². The maximum Gasteiger partial charge on any atom is 0.220 e. The summed E-state index contributed by atoms with van der Waals surface area (Å²) in [6.45, 7) is 3.14. The Balaban J connectivity index is 2.09. The van der Waals surface area contributed by atoms with E-state index in [1.165, 1.54) is 6.07 Å². The highest BCUT2D eigenvalue weighted by Gasteiger charge is 2.24. The molecule has 0 unspecified atom stereocenters. The summed E-state index contributed by atoms with van der Waals surface area (Å²) in [5.74, 6) is -0.595. The van der Waals surface area contributed by atoms with Gasteiger partial charge in [0.2, 0.25) is 5.91 Å². The number of nitrogens with zero attached hydrogens (tertiary/aromatic N) is 1. The van der Waals surface area contributed by atoms with Crippen molar-refractivity contribution in [3.63, 3.8) is 0 Å². The number of carbonyl (C=O) groups is 1. The molecule has 0 aromatic heterocycles. The minimum Gasteiger partial charge on any atom is -0.369 e. The van der Waals surface area contributed by atoms with E-state index in [0.717, 1.165) is 5.56 Å². The number of halogens is 1. The first-order valence-electron chi connectivity index (χ1n) is 6.58. The van der Waals surface area contributed by atoms with Crippen molar-refractivity contribution in [3.8, 4) is 0 Å². The summed E-state index contributed by atoms with van der Waals surface area (Å²) < 4.78 is 14.1. The lowest BCUT2D eigenvalue weighted by molar-refractivity contribution is -0.122. The van der Waals surface area contributed by atoms with E-state index in [1.807, 2.05) is 17.9 Å². The molecule has 1 fully saturated rings. The largest absolute Gasteiger partial charge is 0.369 e. The predicted molar refractivity (Wildman–Crippen MR) is 73.1 cm³/mol. The van der Waals surface area contributed by atoms with E-state index in [2.05, 4.69) is 0 Å². The van der Waals surface area contributed by atoms with Gasteiger partial charge >= 0.3 is 0 Å². The molecule has 1 saturated heterocycles. The first kappa shape index (κ1) is 13.8. The Labute approximate surface area is 112 Å². The SMILES string of the molecule is C[C@@H](N)c1ccc(N2CCC(C(N)=O)CC2)c(F)c1. The summed E-state index contributed by atoms with van der Waals surface area (Å²) in [5, 5.41) is 0. The fourth-order valence-corrected chi connectivity index (χ4v) is 2.47. The molecule has 0 bridgehead atoms. The number of piperidine rings is 1. The van der Waals surface area contributed by atoms with Gasteiger partial charge in [0.15, 0.2) is 0 Å². The van der Waals surface area contributed by atoms with Gasteiger partial charge in [-0.05, 0) is 37.5 Å². The zero-order valence-corrected chi connectivity index (χ0v) is 11.1. The number of benzene rings is 1. The number of primary amides is 1. The van der Waals surface area contributed by atoms with Crippen molar-refractivity contribution in [1.82, 2.24) is 0 Å². The lowest BCUT2D eigenvalue weighted by Gasteiger charge is -2.32. The normalized spacial score (nSPS) is 18.4. The first-order valence-corrected chi connectivity index (χ1v) is 6.58. The van der Waals surface area contributed by atoms with Crippen molar-refractivity contribution in [1.29, 1.82) is 0 Å². The highest BCUT2D eigenvalue weighted by molar-refractivity contribution is 5.77.